The Bertz CT molecular complexity index is 1890. The fourth-order valence-electron chi connectivity index (χ4n) is 5.59. The van der Waals surface area contributed by atoms with Gasteiger partial charge in [0.25, 0.3) is 0 Å². The summed E-state index contributed by atoms with van der Waals surface area (Å²) < 4.78 is 29.0. The van der Waals surface area contributed by atoms with Gasteiger partial charge in [-0.15, -0.1) is 0 Å². The number of nitrogens with one attached hydrogen (secondary N) is 1. The summed E-state index contributed by atoms with van der Waals surface area (Å²) in [7, 11) is 0. The van der Waals surface area contributed by atoms with Crippen molar-refractivity contribution in [3.05, 3.63) is 66.0 Å². The number of hydrogen-bond donors (Lipinski definition) is 11. The van der Waals surface area contributed by atoms with Crippen LogP contribution in [0.1, 0.15) is 6.92 Å². The van der Waals surface area contributed by atoms with Crippen molar-refractivity contribution in [1.82, 2.24) is 0 Å². The van der Waals surface area contributed by atoms with Crippen LogP contribution in [0.5, 0.6) is 28.7 Å². The molecule has 50 heavy (non-hydrogen) atoms. The summed E-state index contributed by atoms with van der Waals surface area (Å²) in [5.41, 5.74) is 3.31. The molecule has 0 radical (unpaired) electrons. The van der Waals surface area contributed by atoms with E-state index in [0.29, 0.717) is 5.69 Å². The topological polar surface area (TPSA) is 277 Å². The SMILES string of the molecule is C[C@@H]1O[C@@H](OC[C@H]2O[C@@H](Oc3c(-c4ccc(O)c(O)c4)oc4cc(O)cc(O)c4/c3=N\Nc3ccccc3)[C@H](O)[C@@H](O)[C@@H]2O)[C@H](O)[C@H](O)[C@H]1O. The second kappa shape index (κ2) is 14.3. The van der Waals surface area contributed by atoms with Gasteiger partial charge < -0.3 is 74.4 Å². The third-order valence-electron chi connectivity index (χ3n) is 8.38. The monoisotopic (exact) mass is 700 g/mol. The van der Waals surface area contributed by atoms with Gasteiger partial charge in [-0.3, -0.25) is 5.43 Å². The minimum absolute atomic E-state index is 0.0836. The third kappa shape index (κ3) is 6.86. The average Bonchev–Trinajstić information content (AvgIpc) is 3.09. The van der Waals surface area contributed by atoms with Gasteiger partial charge in [-0.25, -0.2) is 0 Å². The lowest BCUT2D eigenvalue weighted by molar-refractivity contribution is -0.318. The molecule has 10 atom stereocenters. The number of fused-ring (bicyclic) bond motifs is 1. The van der Waals surface area contributed by atoms with Gasteiger partial charge in [-0.05, 0) is 37.3 Å². The summed E-state index contributed by atoms with van der Waals surface area (Å²) in [5.74, 6) is -2.43. The highest BCUT2D eigenvalue weighted by Gasteiger charge is 2.47. The summed E-state index contributed by atoms with van der Waals surface area (Å²) in [5, 5.41) is 109. The van der Waals surface area contributed by atoms with Gasteiger partial charge in [0.05, 0.1) is 23.8 Å². The number of anilines is 1. The van der Waals surface area contributed by atoms with Gasteiger partial charge >= 0.3 is 0 Å². The lowest BCUT2D eigenvalue weighted by Gasteiger charge is -2.42. The number of aliphatic hydroxyl groups is 6. The zero-order valence-electron chi connectivity index (χ0n) is 26.2. The zero-order chi connectivity index (χ0) is 35.9. The van der Waals surface area contributed by atoms with Gasteiger partial charge in [-0.1, -0.05) is 18.2 Å². The smallest absolute Gasteiger partial charge is 0.229 e. The largest absolute Gasteiger partial charge is 0.508 e. The van der Waals surface area contributed by atoms with Crippen molar-refractivity contribution in [3.63, 3.8) is 0 Å². The number of hydrogen-bond acceptors (Lipinski definition) is 17. The maximum absolute atomic E-state index is 11.0. The molecule has 0 aliphatic carbocycles. The van der Waals surface area contributed by atoms with Gasteiger partial charge in [0.15, 0.2) is 29.3 Å². The Morgan fingerprint density at radius 2 is 1.42 bits per heavy atom. The molecule has 0 amide bonds. The minimum atomic E-state index is -1.92. The molecule has 2 saturated heterocycles. The number of para-hydroxylation sites is 1. The molecule has 268 valence electrons. The molecule has 2 aliphatic rings. The van der Waals surface area contributed by atoms with Crippen LogP contribution in [0.3, 0.4) is 0 Å². The fraction of sp³-hybridized carbons (Fsp3) is 0.364. The Hall–Kier alpha value is -4.69. The number of aromatic hydroxyl groups is 4. The van der Waals surface area contributed by atoms with Crippen LogP contribution >= 0.6 is 0 Å². The van der Waals surface area contributed by atoms with Crippen LogP contribution in [0.4, 0.5) is 5.69 Å². The first kappa shape index (κ1) is 35.1. The molecule has 17 heteroatoms. The second-order valence-electron chi connectivity index (χ2n) is 11.9. The summed E-state index contributed by atoms with van der Waals surface area (Å²) in [6.45, 7) is 0.871. The van der Waals surface area contributed by atoms with Crippen molar-refractivity contribution in [3.8, 4) is 40.1 Å². The molecular formula is C33H36N2O15. The molecule has 3 aromatic carbocycles. The summed E-state index contributed by atoms with van der Waals surface area (Å²) in [6.07, 6.45) is -15.9. The number of aliphatic hydroxyl groups excluding tert-OH is 6. The second-order valence-corrected chi connectivity index (χ2v) is 11.9. The van der Waals surface area contributed by atoms with E-state index >= 15 is 0 Å². The first-order valence-corrected chi connectivity index (χ1v) is 15.4. The number of benzene rings is 3. The first-order chi connectivity index (χ1) is 23.8. The van der Waals surface area contributed by atoms with Gasteiger partial charge in [0.1, 0.15) is 65.2 Å². The summed E-state index contributed by atoms with van der Waals surface area (Å²) in [4.78, 5) is 0. The van der Waals surface area contributed by atoms with E-state index < -0.39 is 85.3 Å². The third-order valence-corrected chi connectivity index (χ3v) is 8.38. The molecule has 2 aliphatic heterocycles. The molecule has 0 bridgehead atoms. The van der Waals surface area contributed by atoms with Gasteiger partial charge in [0.2, 0.25) is 6.29 Å². The van der Waals surface area contributed by atoms with E-state index in [-0.39, 0.29) is 39.1 Å². The molecule has 1 aromatic heterocycles. The summed E-state index contributed by atoms with van der Waals surface area (Å²) in [6, 6.07) is 14.4. The Morgan fingerprint density at radius 1 is 0.720 bits per heavy atom. The molecule has 3 heterocycles. The standard InChI is InChI=1S/C33H36N2O15/c1-13-24(40)26(42)28(44)32(47-13)46-12-21-25(41)27(43)29(45)33(49-21)50-31-23(35-34-15-5-3-2-4-6-15)22-19(39)10-16(36)11-20(22)48-30(31)14-7-8-17(37)18(38)9-14/h2-11,13,21,24-29,32-34,36-45H,12H2,1H3/b35-23+/t13-,21+,24-,25+,26+,27-,28+,29+,32+,33-/m0/s1. The number of ether oxygens (including phenoxy) is 4. The Kier molecular flexibility index (Phi) is 10.0. The fourth-order valence-corrected chi connectivity index (χ4v) is 5.59. The van der Waals surface area contributed by atoms with Crippen LogP contribution in [0.15, 0.2) is 70.2 Å². The summed E-state index contributed by atoms with van der Waals surface area (Å²) >= 11 is 0. The maximum atomic E-state index is 11.0. The van der Waals surface area contributed by atoms with E-state index in [1.165, 1.54) is 19.1 Å². The van der Waals surface area contributed by atoms with E-state index in [2.05, 4.69) is 10.5 Å². The highest BCUT2D eigenvalue weighted by molar-refractivity contribution is 5.88. The molecule has 6 rings (SSSR count). The highest BCUT2D eigenvalue weighted by atomic mass is 16.7. The molecule has 11 N–H and O–H groups in total. The quantitative estimate of drug-likeness (QED) is 0.0844. The molecule has 4 aromatic rings. The van der Waals surface area contributed by atoms with E-state index in [1.54, 1.807) is 30.3 Å². The van der Waals surface area contributed by atoms with Gasteiger partial charge in [0, 0.05) is 17.7 Å². The van der Waals surface area contributed by atoms with E-state index in [0.717, 1.165) is 18.2 Å². The van der Waals surface area contributed by atoms with Crippen LogP contribution in [0.25, 0.3) is 22.3 Å². The molecule has 0 unspecified atom stereocenters. The van der Waals surface area contributed by atoms with Crippen LogP contribution < -0.4 is 15.5 Å². The van der Waals surface area contributed by atoms with Crippen molar-refractivity contribution >= 4 is 16.7 Å². The lowest BCUT2D eigenvalue weighted by Crippen LogP contribution is -2.61. The predicted molar refractivity (Wildman–Crippen MR) is 170 cm³/mol. The molecule has 17 nitrogen and oxygen atoms in total. The minimum Gasteiger partial charge on any atom is -0.508 e. The molecular weight excluding hydrogens is 664 g/mol. The lowest BCUT2D eigenvalue weighted by atomic mass is 9.98. The number of rotatable bonds is 8. The van der Waals surface area contributed by atoms with Crippen molar-refractivity contribution < 1.29 is 74.4 Å². The van der Waals surface area contributed by atoms with Crippen molar-refractivity contribution in [2.45, 2.75) is 68.3 Å². The highest BCUT2D eigenvalue weighted by Crippen LogP contribution is 2.39. The van der Waals surface area contributed by atoms with E-state index in [9.17, 15) is 51.1 Å². The Labute approximate surface area is 282 Å². The number of phenolic OH excluding ortho intramolecular Hbond substituents is 4. The van der Waals surface area contributed by atoms with Crippen molar-refractivity contribution in [2.75, 3.05) is 12.0 Å². The van der Waals surface area contributed by atoms with E-state index in [1.807, 2.05) is 0 Å². The van der Waals surface area contributed by atoms with Gasteiger partial charge in [-0.2, -0.15) is 5.10 Å². The molecule has 0 saturated carbocycles. The first-order valence-electron chi connectivity index (χ1n) is 15.4. The molecule has 0 spiro atoms. The number of nitrogens with zero attached hydrogens (tertiary/aromatic N) is 1. The zero-order valence-corrected chi connectivity index (χ0v) is 26.2. The van der Waals surface area contributed by atoms with Crippen LogP contribution in [0.2, 0.25) is 0 Å². The van der Waals surface area contributed by atoms with Crippen molar-refractivity contribution in [1.29, 1.82) is 0 Å². The van der Waals surface area contributed by atoms with Crippen LogP contribution in [0, 0.1) is 0 Å². The maximum Gasteiger partial charge on any atom is 0.229 e. The predicted octanol–water partition coefficient (Wildman–Crippen LogP) is -0.120. The molecule has 2 fully saturated rings. The average molecular weight is 701 g/mol. The van der Waals surface area contributed by atoms with Crippen LogP contribution in [-0.4, -0.2) is 119 Å². The normalized spacial score (nSPS) is 30.3. The number of phenols is 4. The van der Waals surface area contributed by atoms with E-state index in [4.69, 9.17) is 23.4 Å². The van der Waals surface area contributed by atoms with Crippen molar-refractivity contribution in [2.24, 2.45) is 5.10 Å². The van der Waals surface area contributed by atoms with Crippen LogP contribution in [-0.2, 0) is 14.2 Å². The Morgan fingerprint density at radius 3 is 2.14 bits per heavy atom. The Balaban J connectivity index is 1.43.